The molecule has 2 saturated carbocycles. The smallest absolute Gasteiger partial charge is 0.246 e. The molecule has 1 aromatic heterocycles. The molecule has 24 nitrogen and oxygen atoms in total. The molecular formula is C74H116N11O13+. The predicted molar refractivity (Wildman–Crippen MR) is 372 cm³/mol. The van der Waals surface area contributed by atoms with Crippen LogP contribution in [0.2, 0.25) is 0 Å². The topological polar surface area (TPSA) is 315 Å². The Hall–Kier alpha value is -6.41. The van der Waals surface area contributed by atoms with Gasteiger partial charge in [0.1, 0.15) is 36.2 Å². The molecule has 10 atom stereocenters. The van der Waals surface area contributed by atoms with Gasteiger partial charge in [0.05, 0.1) is 116 Å². The molecule has 0 spiro atoms. The number of unbranched alkanes of at least 4 members (excludes halogenated alkanes) is 1. The van der Waals surface area contributed by atoms with Crippen LogP contribution in [0.3, 0.4) is 0 Å². The van der Waals surface area contributed by atoms with Crippen molar-refractivity contribution in [3.05, 3.63) is 70.0 Å². The summed E-state index contributed by atoms with van der Waals surface area (Å²) in [5.74, 6) is -2.32. The van der Waals surface area contributed by atoms with Crippen molar-refractivity contribution in [3.8, 4) is 5.75 Å². The van der Waals surface area contributed by atoms with Gasteiger partial charge in [0.2, 0.25) is 41.4 Å². The normalized spacial score (nSPS) is 24.5. The number of aryl methyl sites for hydroxylation is 2. The number of ether oxygens (including phenoxy) is 5. The van der Waals surface area contributed by atoms with E-state index in [1.807, 2.05) is 48.9 Å². The fraction of sp³-hybridized carbons (Fsp3) is 0.716. The number of nitrogens with zero attached hydrogens (tertiary/aromatic N) is 4. The van der Waals surface area contributed by atoms with Crippen molar-refractivity contribution in [1.82, 2.24) is 41.6 Å². The average molecular weight is 1370 g/mol. The number of aromatic nitrogens is 3. The van der Waals surface area contributed by atoms with Gasteiger partial charge in [-0.2, -0.15) is 0 Å². The van der Waals surface area contributed by atoms with Crippen molar-refractivity contribution in [3.63, 3.8) is 0 Å². The predicted octanol–water partition coefficient (Wildman–Crippen LogP) is 6.70. The highest BCUT2D eigenvalue weighted by molar-refractivity contribution is 6.01. The Bertz CT molecular complexity index is 3210. The molecule has 5 aliphatic rings. The number of hydrogen-bond donors (Lipinski definition) is 8. The maximum Gasteiger partial charge on any atom is 0.246 e. The third-order valence-corrected chi connectivity index (χ3v) is 21.9. The van der Waals surface area contributed by atoms with Gasteiger partial charge in [0, 0.05) is 18.7 Å². The first kappa shape index (κ1) is 77.3. The zero-order chi connectivity index (χ0) is 70.8. The van der Waals surface area contributed by atoms with E-state index in [0.29, 0.717) is 117 Å². The standard InChI is InChI=1S/C74H115N11O13/c1-49(2)64(80-67(90)57(75)18-14-15-34-76-63(88)48-98-59-20-13-11-12-19-58-65(59)82-83-84(58)36-39-95-41-43-97-45-44-96-42-40-94-38-29-62(87)77-35-37-85(8,9)10)68(91)78-50(3)66(89)79-53-25-21-51-23-27-60-71(4,55(51)46-53)30-16-32-73(60,6)69(92)81-70(93)74(7)33-17-31-72(5)56-47-54(86)26-22-52(56)24-28-61(72)74/h21-22,25-26,46-47,49-50,57,59-61,64H,11-20,23-24,27-45,48,75H2,1-10H3,(H6-,76,77,78,79,80,81,86,87,88,89,90,91,92,93)/p+1/t50-,57+,59?,60+,61+,64?,71+,72+,73-,74-/m0/s1. The second kappa shape index (κ2) is 35.3. The summed E-state index contributed by atoms with van der Waals surface area (Å²) in [7, 11) is 6.25. The van der Waals surface area contributed by atoms with Crippen LogP contribution in [-0.4, -0.2) is 184 Å². The molecule has 1 heterocycles. The Labute approximate surface area is 580 Å². The lowest BCUT2D eigenvalue weighted by atomic mass is 9.49. The van der Waals surface area contributed by atoms with Crippen LogP contribution in [0.1, 0.15) is 191 Å². The number of benzene rings is 2. The fourth-order valence-corrected chi connectivity index (χ4v) is 16.2. The van der Waals surface area contributed by atoms with E-state index in [1.165, 1.54) is 5.56 Å². The van der Waals surface area contributed by atoms with Crippen LogP contribution in [-0.2, 0) is 93.9 Å². The lowest BCUT2D eigenvalue weighted by molar-refractivity contribution is -0.869. The maximum absolute atomic E-state index is 14.8. The maximum atomic E-state index is 14.8. The van der Waals surface area contributed by atoms with Crippen molar-refractivity contribution in [2.24, 2.45) is 34.3 Å². The molecule has 0 radical (unpaired) electrons. The van der Waals surface area contributed by atoms with Crippen molar-refractivity contribution in [1.29, 1.82) is 0 Å². The minimum absolute atomic E-state index is 0.0114. The highest BCUT2D eigenvalue weighted by Gasteiger charge is 2.58. The van der Waals surface area contributed by atoms with E-state index < -0.39 is 52.1 Å². The summed E-state index contributed by atoms with van der Waals surface area (Å²) < 4.78 is 31.4. The number of nitrogens with two attached hydrogens (primary N) is 1. The minimum Gasteiger partial charge on any atom is -0.508 e. The van der Waals surface area contributed by atoms with E-state index in [2.05, 4.69) is 77.2 Å². The Balaban J connectivity index is 0.707. The Morgan fingerprint density at radius 3 is 1.87 bits per heavy atom. The highest BCUT2D eigenvalue weighted by atomic mass is 16.6. The lowest BCUT2D eigenvalue weighted by Crippen LogP contribution is -2.60. The first-order valence-electron chi connectivity index (χ1n) is 36.3. The second-order valence-corrected chi connectivity index (χ2v) is 30.6. The van der Waals surface area contributed by atoms with Crippen LogP contribution < -0.4 is 37.6 Å². The molecule has 544 valence electrons. The number of hydrogen-bond acceptors (Lipinski definition) is 16. The van der Waals surface area contributed by atoms with Crippen LogP contribution in [0.5, 0.6) is 5.75 Å². The van der Waals surface area contributed by atoms with E-state index in [-0.39, 0.29) is 65.3 Å². The zero-order valence-corrected chi connectivity index (χ0v) is 60.3. The molecule has 3 aromatic rings. The summed E-state index contributed by atoms with van der Waals surface area (Å²) in [6.45, 7) is 19.2. The third-order valence-electron chi connectivity index (χ3n) is 21.9. The number of nitrogens with one attached hydrogen (secondary N) is 6. The number of likely N-dealkylation sites (N-methyl/N-ethyl adjacent to an activating group) is 1. The van der Waals surface area contributed by atoms with Gasteiger partial charge in [-0.05, 0) is 172 Å². The molecule has 0 saturated heterocycles. The van der Waals surface area contributed by atoms with Crippen LogP contribution in [0, 0.1) is 28.6 Å². The zero-order valence-electron chi connectivity index (χ0n) is 60.3. The molecular weight excluding hydrogens is 1250 g/mol. The molecule has 98 heavy (non-hydrogen) atoms. The van der Waals surface area contributed by atoms with Crippen LogP contribution in [0.15, 0.2) is 36.4 Å². The SMILES string of the molecule is CC(C)C(NC(=O)[C@H](N)CCCCNC(=O)COC1CCCCCc2c1nnn2CCOCCOCCOCCOCCC(=O)NCC[N+](C)(C)C)C(=O)N[C@@H](C)C(=O)Nc1ccc2c(c1)[C@@]1(C)CCC[C@](C)(C(=O)NC(=O)[C@@]3(C)CCC[C@]4(C)c5cc(O)ccc5CC[C@@H]34)[C@@H]1CC2. The van der Waals surface area contributed by atoms with Gasteiger partial charge in [-0.3, -0.25) is 38.9 Å². The van der Waals surface area contributed by atoms with E-state index in [4.69, 9.17) is 29.4 Å². The van der Waals surface area contributed by atoms with E-state index >= 15 is 0 Å². The highest BCUT2D eigenvalue weighted by Crippen LogP contribution is 2.60. The number of quaternary nitrogens is 1. The molecule has 7 amide bonds. The van der Waals surface area contributed by atoms with Crippen LogP contribution in [0.25, 0.3) is 0 Å². The quantitative estimate of drug-likeness (QED) is 0.0173. The second-order valence-electron chi connectivity index (χ2n) is 30.6. The number of carbonyl (C=O) groups excluding carboxylic acids is 7. The number of fused-ring (bicyclic) bond motifs is 7. The number of amides is 7. The third kappa shape index (κ3) is 20.0. The molecule has 2 unspecified atom stereocenters. The largest absolute Gasteiger partial charge is 0.508 e. The summed E-state index contributed by atoms with van der Waals surface area (Å²) in [6.07, 6.45) is 13.7. The summed E-state index contributed by atoms with van der Waals surface area (Å²) in [5, 5.41) is 36.9. The number of phenolic OH excluding ortho intramolecular Hbond substituents is 1. The number of aromatic hydroxyl groups is 1. The summed E-state index contributed by atoms with van der Waals surface area (Å²) >= 11 is 0. The number of carbonyl (C=O) groups is 7. The van der Waals surface area contributed by atoms with E-state index in [9.17, 15) is 38.7 Å². The van der Waals surface area contributed by atoms with E-state index in [1.54, 1.807) is 26.8 Å². The van der Waals surface area contributed by atoms with Gasteiger partial charge in [-0.1, -0.05) is 84.6 Å². The van der Waals surface area contributed by atoms with Crippen molar-refractivity contribution in [2.45, 2.75) is 212 Å². The number of anilines is 1. The van der Waals surface area contributed by atoms with Crippen molar-refractivity contribution in [2.75, 3.05) is 106 Å². The van der Waals surface area contributed by atoms with Gasteiger partial charge in [-0.25, -0.2) is 4.68 Å². The molecule has 2 fully saturated rings. The molecule has 0 bridgehead atoms. The first-order valence-corrected chi connectivity index (χ1v) is 36.3. The Morgan fingerprint density at radius 2 is 1.24 bits per heavy atom. The van der Waals surface area contributed by atoms with Gasteiger partial charge >= 0.3 is 0 Å². The summed E-state index contributed by atoms with van der Waals surface area (Å²) in [4.78, 5) is 95.5. The summed E-state index contributed by atoms with van der Waals surface area (Å²) in [6, 6.07) is 8.71. The van der Waals surface area contributed by atoms with Crippen molar-refractivity contribution >= 4 is 47.0 Å². The monoisotopic (exact) mass is 1370 g/mol. The lowest BCUT2D eigenvalue weighted by Gasteiger charge is -2.56. The molecule has 8 rings (SSSR count). The van der Waals surface area contributed by atoms with Gasteiger partial charge < -0.3 is 65.6 Å². The van der Waals surface area contributed by atoms with Crippen molar-refractivity contribution < 1.29 is 66.8 Å². The average Bonchev–Trinajstić information content (AvgIpc) is 0.836. The first-order chi connectivity index (χ1) is 46.7. The number of phenols is 1. The summed E-state index contributed by atoms with van der Waals surface area (Å²) in [5.41, 5.74) is 10.9. The van der Waals surface area contributed by atoms with Gasteiger partial charge in [0.15, 0.2) is 0 Å². The van der Waals surface area contributed by atoms with Crippen LogP contribution >= 0.6 is 0 Å². The number of imide groups is 1. The van der Waals surface area contributed by atoms with E-state index in [0.717, 1.165) is 123 Å². The number of rotatable bonds is 35. The van der Waals surface area contributed by atoms with Gasteiger partial charge in [0.25, 0.3) is 0 Å². The Morgan fingerprint density at radius 1 is 0.653 bits per heavy atom. The van der Waals surface area contributed by atoms with Crippen LogP contribution in [0.4, 0.5) is 5.69 Å². The molecule has 2 aromatic carbocycles. The fourth-order valence-electron chi connectivity index (χ4n) is 16.2. The molecule has 24 heteroatoms. The minimum atomic E-state index is -0.968. The molecule has 0 aliphatic heterocycles. The van der Waals surface area contributed by atoms with Gasteiger partial charge in [-0.15, -0.1) is 5.10 Å². The molecule has 5 aliphatic carbocycles. The molecule has 9 N–H and O–H groups in total. The Kier molecular flexibility index (Phi) is 27.8.